The van der Waals surface area contributed by atoms with Crippen LogP contribution in [-0.2, 0) is 0 Å². The smallest absolute Gasteiger partial charge is 0.195 e. The van der Waals surface area contributed by atoms with Gasteiger partial charge in [0.25, 0.3) is 0 Å². The quantitative estimate of drug-likeness (QED) is 0.692. The van der Waals surface area contributed by atoms with E-state index in [1.807, 2.05) is 56.6 Å². The van der Waals surface area contributed by atoms with E-state index >= 15 is 0 Å². The van der Waals surface area contributed by atoms with E-state index in [-0.39, 0.29) is 5.43 Å². The van der Waals surface area contributed by atoms with E-state index in [2.05, 4.69) is 4.90 Å². The van der Waals surface area contributed by atoms with Gasteiger partial charge in [0, 0.05) is 26.7 Å². The molecular weight excluding hydrogens is 282 g/mol. The van der Waals surface area contributed by atoms with Crippen LogP contribution in [0.15, 0.2) is 47.3 Å². The summed E-state index contributed by atoms with van der Waals surface area (Å²) in [5.41, 5.74) is 0.0965. The van der Waals surface area contributed by atoms with Crippen LogP contribution in [0.3, 0.4) is 0 Å². The Labute approximate surface area is 127 Å². The summed E-state index contributed by atoms with van der Waals surface area (Å²) in [6.45, 7) is 1.51. The van der Waals surface area contributed by atoms with Gasteiger partial charge in [0.05, 0.1) is 0 Å². The standard InChI is InChI=1S/C17H17NO2S/c1-18(2)9-10-20-12-7-8-14-16(11-12)21-15-6-4-3-5-13(15)17(14)19/h3-8,11H,9-10H2,1-2H3. The van der Waals surface area contributed by atoms with Gasteiger partial charge < -0.3 is 9.64 Å². The van der Waals surface area contributed by atoms with Crippen LogP contribution in [0.2, 0.25) is 0 Å². The summed E-state index contributed by atoms with van der Waals surface area (Å²) in [6, 6.07) is 13.4. The van der Waals surface area contributed by atoms with E-state index in [4.69, 9.17) is 4.74 Å². The summed E-state index contributed by atoms with van der Waals surface area (Å²) in [4.78, 5) is 14.5. The zero-order valence-electron chi connectivity index (χ0n) is 12.1. The fourth-order valence-corrected chi connectivity index (χ4v) is 3.32. The summed E-state index contributed by atoms with van der Waals surface area (Å²) < 4.78 is 7.73. The summed E-state index contributed by atoms with van der Waals surface area (Å²) in [6.07, 6.45) is 0. The molecule has 1 aromatic heterocycles. The van der Waals surface area contributed by atoms with Crippen molar-refractivity contribution in [1.29, 1.82) is 0 Å². The van der Waals surface area contributed by atoms with Crippen LogP contribution >= 0.6 is 11.3 Å². The highest BCUT2D eigenvalue weighted by Gasteiger charge is 2.06. The molecule has 108 valence electrons. The first-order valence-electron chi connectivity index (χ1n) is 6.88. The average Bonchev–Trinajstić information content (AvgIpc) is 2.47. The van der Waals surface area contributed by atoms with Gasteiger partial charge in [0.1, 0.15) is 12.4 Å². The maximum atomic E-state index is 12.5. The summed E-state index contributed by atoms with van der Waals surface area (Å²) in [5, 5.41) is 1.55. The van der Waals surface area contributed by atoms with Gasteiger partial charge in [-0.3, -0.25) is 4.79 Å². The van der Waals surface area contributed by atoms with Gasteiger partial charge in [-0.15, -0.1) is 11.3 Å². The number of nitrogens with zero attached hydrogens (tertiary/aromatic N) is 1. The van der Waals surface area contributed by atoms with Crippen LogP contribution in [0, 0.1) is 0 Å². The SMILES string of the molecule is CN(C)CCOc1ccc2c(=O)c3ccccc3sc2c1. The normalized spacial score (nSPS) is 11.4. The molecule has 4 heteroatoms. The molecule has 0 saturated heterocycles. The van der Waals surface area contributed by atoms with Gasteiger partial charge in [-0.05, 0) is 44.4 Å². The van der Waals surface area contributed by atoms with Crippen LogP contribution < -0.4 is 10.2 Å². The first-order chi connectivity index (χ1) is 10.1. The molecule has 3 rings (SSSR count). The fraction of sp³-hybridized carbons (Fsp3) is 0.235. The monoisotopic (exact) mass is 299 g/mol. The van der Waals surface area contributed by atoms with Gasteiger partial charge in [-0.2, -0.15) is 0 Å². The van der Waals surface area contributed by atoms with Crippen molar-refractivity contribution < 1.29 is 4.74 Å². The highest BCUT2D eigenvalue weighted by molar-refractivity contribution is 7.24. The average molecular weight is 299 g/mol. The Bertz CT molecular complexity index is 839. The Morgan fingerprint density at radius 3 is 2.62 bits per heavy atom. The molecule has 0 bridgehead atoms. The third-order valence-corrected chi connectivity index (χ3v) is 4.49. The van der Waals surface area contributed by atoms with E-state index in [1.54, 1.807) is 11.3 Å². The molecule has 3 nitrogen and oxygen atoms in total. The molecule has 0 fully saturated rings. The second kappa shape index (κ2) is 5.84. The number of hydrogen-bond donors (Lipinski definition) is 0. The lowest BCUT2D eigenvalue weighted by atomic mass is 10.2. The molecule has 21 heavy (non-hydrogen) atoms. The molecule has 0 spiro atoms. The molecule has 0 atom stereocenters. The number of rotatable bonds is 4. The Hall–Kier alpha value is -1.91. The molecule has 0 unspecified atom stereocenters. The number of ether oxygens (including phenoxy) is 1. The molecule has 0 aliphatic carbocycles. The van der Waals surface area contributed by atoms with Crippen LogP contribution in [0.25, 0.3) is 20.2 Å². The molecule has 2 aromatic carbocycles. The second-order valence-corrected chi connectivity index (χ2v) is 6.32. The summed E-state index contributed by atoms with van der Waals surface area (Å²) in [5.74, 6) is 0.815. The molecule has 0 aliphatic rings. The number of likely N-dealkylation sites (N-methyl/N-ethyl adjacent to an activating group) is 1. The van der Waals surface area contributed by atoms with Crippen molar-refractivity contribution in [3.05, 3.63) is 52.7 Å². The molecule has 0 radical (unpaired) electrons. The number of fused-ring (bicyclic) bond motifs is 2. The topological polar surface area (TPSA) is 29.5 Å². The van der Waals surface area contributed by atoms with Crippen molar-refractivity contribution in [2.45, 2.75) is 0 Å². The van der Waals surface area contributed by atoms with E-state index in [1.165, 1.54) is 0 Å². The second-order valence-electron chi connectivity index (χ2n) is 5.24. The van der Waals surface area contributed by atoms with Crippen molar-refractivity contribution in [2.75, 3.05) is 27.2 Å². The van der Waals surface area contributed by atoms with Crippen LogP contribution in [-0.4, -0.2) is 32.1 Å². The zero-order chi connectivity index (χ0) is 14.8. The minimum atomic E-state index is 0.0965. The molecule has 0 saturated carbocycles. The van der Waals surface area contributed by atoms with Gasteiger partial charge in [0.2, 0.25) is 0 Å². The summed E-state index contributed by atoms with van der Waals surface area (Å²) in [7, 11) is 4.03. The van der Waals surface area contributed by atoms with Crippen molar-refractivity contribution in [1.82, 2.24) is 4.90 Å². The molecule has 0 amide bonds. The van der Waals surface area contributed by atoms with E-state index in [9.17, 15) is 4.79 Å². The Kier molecular flexibility index (Phi) is 3.90. The molecule has 0 aliphatic heterocycles. The lowest BCUT2D eigenvalue weighted by Crippen LogP contribution is -2.19. The maximum Gasteiger partial charge on any atom is 0.195 e. The molecule has 1 heterocycles. The van der Waals surface area contributed by atoms with E-state index < -0.39 is 0 Å². The largest absolute Gasteiger partial charge is 0.492 e. The van der Waals surface area contributed by atoms with Crippen LogP contribution in [0.4, 0.5) is 0 Å². The Balaban J connectivity index is 2.01. The minimum absolute atomic E-state index is 0.0965. The third-order valence-electron chi connectivity index (χ3n) is 3.36. The Morgan fingerprint density at radius 2 is 1.81 bits per heavy atom. The van der Waals surface area contributed by atoms with Gasteiger partial charge in [0.15, 0.2) is 5.43 Å². The predicted octanol–water partition coefficient (Wildman–Crippen LogP) is 3.36. The van der Waals surface area contributed by atoms with Crippen molar-refractivity contribution in [3.8, 4) is 5.75 Å². The predicted molar refractivity (Wildman–Crippen MR) is 89.7 cm³/mol. The van der Waals surface area contributed by atoms with Crippen molar-refractivity contribution in [3.63, 3.8) is 0 Å². The van der Waals surface area contributed by atoms with E-state index in [0.29, 0.717) is 6.61 Å². The first kappa shape index (κ1) is 14.0. The summed E-state index contributed by atoms with van der Waals surface area (Å²) >= 11 is 1.63. The molecule has 0 N–H and O–H groups in total. The van der Waals surface area contributed by atoms with Crippen molar-refractivity contribution >= 4 is 31.5 Å². The highest BCUT2D eigenvalue weighted by Crippen LogP contribution is 2.27. The maximum absolute atomic E-state index is 12.5. The zero-order valence-corrected chi connectivity index (χ0v) is 12.9. The lowest BCUT2D eigenvalue weighted by molar-refractivity contribution is 0.261. The third kappa shape index (κ3) is 2.91. The minimum Gasteiger partial charge on any atom is -0.492 e. The van der Waals surface area contributed by atoms with Gasteiger partial charge in [-0.1, -0.05) is 12.1 Å². The van der Waals surface area contributed by atoms with E-state index in [0.717, 1.165) is 32.5 Å². The highest BCUT2D eigenvalue weighted by atomic mass is 32.1. The number of hydrogen-bond acceptors (Lipinski definition) is 4. The first-order valence-corrected chi connectivity index (χ1v) is 7.70. The van der Waals surface area contributed by atoms with Crippen molar-refractivity contribution in [2.24, 2.45) is 0 Å². The van der Waals surface area contributed by atoms with Gasteiger partial charge >= 0.3 is 0 Å². The molecular formula is C17H17NO2S. The lowest BCUT2D eigenvalue weighted by Gasteiger charge is -2.11. The van der Waals surface area contributed by atoms with Crippen LogP contribution in [0.5, 0.6) is 5.75 Å². The van der Waals surface area contributed by atoms with Crippen LogP contribution in [0.1, 0.15) is 0 Å². The fourth-order valence-electron chi connectivity index (χ4n) is 2.22. The van der Waals surface area contributed by atoms with Gasteiger partial charge in [-0.25, -0.2) is 0 Å². The number of benzene rings is 2. The Morgan fingerprint density at radius 1 is 1.05 bits per heavy atom. The molecule has 3 aromatic rings.